The van der Waals surface area contributed by atoms with Crippen molar-refractivity contribution in [3.05, 3.63) is 212 Å². The largest absolute Gasteiger partial charge is 0.309 e. The Kier molecular flexibility index (Phi) is 7.49. The summed E-state index contributed by atoms with van der Waals surface area (Å²) in [6, 6.07) is 76.2. The van der Waals surface area contributed by atoms with Crippen molar-refractivity contribution < 1.29 is 0 Å². The number of pyridine rings is 1. The van der Waals surface area contributed by atoms with Gasteiger partial charge in [0.05, 0.1) is 33.5 Å². The molecule has 0 bridgehead atoms. The van der Waals surface area contributed by atoms with Crippen molar-refractivity contribution in [1.82, 2.24) is 14.1 Å². The molecule has 3 nitrogen and oxygen atoms in total. The van der Waals surface area contributed by atoms with Gasteiger partial charge in [-0.2, -0.15) is 0 Å². The lowest BCUT2D eigenvalue weighted by Gasteiger charge is -2.16. The smallest absolute Gasteiger partial charge is 0.0722 e. The van der Waals surface area contributed by atoms with Crippen LogP contribution < -0.4 is 0 Å². The fourth-order valence-electron chi connectivity index (χ4n) is 8.63. The minimum Gasteiger partial charge on any atom is -0.309 e. The van der Waals surface area contributed by atoms with Gasteiger partial charge >= 0.3 is 0 Å². The van der Waals surface area contributed by atoms with Gasteiger partial charge in [0.1, 0.15) is 0 Å². The summed E-state index contributed by atoms with van der Waals surface area (Å²) in [7, 11) is 0. The zero-order valence-corrected chi connectivity index (χ0v) is 30.5. The molecule has 8 aromatic carbocycles. The van der Waals surface area contributed by atoms with Crippen LogP contribution in [-0.2, 0) is 0 Å². The highest BCUT2D eigenvalue weighted by molar-refractivity contribution is 6.19. The van der Waals surface area contributed by atoms with E-state index in [1.165, 1.54) is 43.7 Å². The third kappa shape index (κ3) is 5.17. The lowest BCUT2D eigenvalue weighted by atomic mass is 9.91. The molecule has 0 aliphatic heterocycles. The average Bonchev–Trinajstić information content (AvgIpc) is 3.79. The van der Waals surface area contributed by atoms with Crippen molar-refractivity contribution in [2.75, 3.05) is 0 Å². The Morgan fingerprint density at radius 1 is 0.286 bits per heavy atom. The highest BCUT2D eigenvalue weighted by Gasteiger charge is 2.22. The summed E-state index contributed by atoms with van der Waals surface area (Å²) in [5.41, 5.74) is 15.6. The molecule has 0 aliphatic rings. The quantitative estimate of drug-likeness (QED) is 0.168. The van der Waals surface area contributed by atoms with Crippen LogP contribution in [0.25, 0.3) is 99.8 Å². The van der Waals surface area contributed by atoms with Crippen molar-refractivity contribution in [2.24, 2.45) is 0 Å². The van der Waals surface area contributed by atoms with Gasteiger partial charge in [0.2, 0.25) is 0 Å². The Hall–Kier alpha value is -7.49. The molecular formula is C53H35N3. The van der Waals surface area contributed by atoms with Gasteiger partial charge in [-0.25, -0.2) is 4.98 Å². The second-order valence-electron chi connectivity index (χ2n) is 14.3. The third-order valence-corrected chi connectivity index (χ3v) is 11.1. The van der Waals surface area contributed by atoms with Gasteiger partial charge in [-0.15, -0.1) is 0 Å². The molecule has 0 saturated carbocycles. The molecule has 56 heavy (non-hydrogen) atoms. The number of benzene rings is 8. The van der Waals surface area contributed by atoms with E-state index >= 15 is 0 Å². The van der Waals surface area contributed by atoms with Crippen LogP contribution in [0.5, 0.6) is 0 Å². The Balaban J connectivity index is 1.29. The van der Waals surface area contributed by atoms with E-state index < -0.39 is 0 Å². The van der Waals surface area contributed by atoms with Crippen LogP contribution in [0.4, 0.5) is 0 Å². The van der Waals surface area contributed by atoms with Crippen molar-refractivity contribution in [3.63, 3.8) is 0 Å². The highest BCUT2D eigenvalue weighted by atomic mass is 15.0. The van der Waals surface area contributed by atoms with Crippen LogP contribution in [0, 0.1) is 0 Å². The normalized spacial score (nSPS) is 11.6. The van der Waals surface area contributed by atoms with Crippen molar-refractivity contribution in [3.8, 4) is 56.1 Å². The topological polar surface area (TPSA) is 22.8 Å². The van der Waals surface area contributed by atoms with E-state index in [4.69, 9.17) is 4.98 Å². The predicted molar refractivity (Wildman–Crippen MR) is 235 cm³/mol. The molecule has 0 amide bonds. The van der Waals surface area contributed by atoms with Crippen molar-refractivity contribution in [1.29, 1.82) is 0 Å². The van der Waals surface area contributed by atoms with E-state index in [-0.39, 0.29) is 0 Å². The molecule has 3 heteroatoms. The summed E-state index contributed by atoms with van der Waals surface area (Å²) >= 11 is 0. The summed E-state index contributed by atoms with van der Waals surface area (Å²) in [6.45, 7) is 0. The standard InChI is InChI=1S/C53H35N3/c1-5-18-36(19-6-1)38-32-47(37-20-7-2-8-21-37)54-48(33-38)45-35-52-46(41-26-13-15-29-49(41)56(52)40-24-11-4-12-25-40)34-44(45)42-28-17-31-51-53(42)43-27-14-16-30-50(43)55(51)39-22-9-3-10-23-39/h1-35H. The lowest BCUT2D eigenvalue weighted by Crippen LogP contribution is -1.97. The monoisotopic (exact) mass is 713 g/mol. The van der Waals surface area contributed by atoms with Crippen LogP contribution in [0.1, 0.15) is 0 Å². The lowest BCUT2D eigenvalue weighted by molar-refractivity contribution is 1.18. The highest BCUT2D eigenvalue weighted by Crippen LogP contribution is 2.45. The van der Waals surface area contributed by atoms with E-state index in [2.05, 4.69) is 221 Å². The molecule has 262 valence electrons. The van der Waals surface area contributed by atoms with Crippen LogP contribution in [0.3, 0.4) is 0 Å². The molecule has 3 heterocycles. The summed E-state index contributed by atoms with van der Waals surface area (Å²) in [5.74, 6) is 0. The first-order valence-electron chi connectivity index (χ1n) is 19.1. The Labute approximate surface area is 325 Å². The summed E-state index contributed by atoms with van der Waals surface area (Å²) in [6.07, 6.45) is 0. The van der Waals surface area contributed by atoms with Gasteiger partial charge in [0.25, 0.3) is 0 Å². The number of aromatic nitrogens is 3. The second-order valence-corrected chi connectivity index (χ2v) is 14.3. The van der Waals surface area contributed by atoms with Crippen LogP contribution in [-0.4, -0.2) is 14.1 Å². The zero-order chi connectivity index (χ0) is 37.0. The molecule has 0 fully saturated rings. The zero-order valence-electron chi connectivity index (χ0n) is 30.5. The Morgan fingerprint density at radius 3 is 1.48 bits per heavy atom. The van der Waals surface area contributed by atoms with E-state index in [0.717, 1.165) is 56.1 Å². The molecule has 0 radical (unpaired) electrons. The van der Waals surface area contributed by atoms with Crippen LogP contribution in [0.15, 0.2) is 212 Å². The van der Waals surface area contributed by atoms with Gasteiger partial charge in [0.15, 0.2) is 0 Å². The van der Waals surface area contributed by atoms with Gasteiger partial charge in [-0.3, -0.25) is 0 Å². The van der Waals surface area contributed by atoms with Crippen molar-refractivity contribution >= 4 is 43.6 Å². The summed E-state index contributed by atoms with van der Waals surface area (Å²) in [4.78, 5) is 5.53. The third-order valence-electron chi connectivity index (χ3n) is 11.1. The number of hydrogen-bond acceptors (Lipinski definition) is 1. The first-order valence-corrected chi connectivity index (χ1v) is 19.1. The predicted octanol–water partition coefficient (Wildman–Crippen LogP) is 13.9. The van der Waals surface area contributed by atoms with Crippen LogP contribution >= 0.6 is 0 Å². The summed E-state index contributed by atoms with van der Waals surface area (Å²) in [5, 5.41) is 4.86. The minimum atomic E-state index is 0.927. The van der Waals surface area contributed by atoms with Gasteiger partial charge in [0, 0.05) is 44.0 Å². The van der Waals surface area contributed by atoms with Crippen LogP contribution in [0.2, 0.25) is 0 Å². The fraction of sp³-hybridized carbons (Fsp3) is 0. The number of nitrogens with zero attached hydrogens (tertiary/aromatic N) is 3. The molecule has 0 unspecified atom stereocenters. The average molecular weight is 714 g/mol. The molecule has 3 aromatic heterocycles. The first-order chi connectivity index (χ1) is 27.8. The molecule has 11 aromatic rings. The minimum absolute atomic E-state index is 0.927. The van der Waals surface area contributed by atoms with E-state index in [1.807, 2.05) is 0 Å². The molecule has 0 N–H and O–H groups in total. The maximum atomic E-state index is 5.53. The maximum Gasteiger partial charge on any atom is 0.0722 e. The SMILES string of the molecule is c1ccc(-c2cc(-c3ccccc3)nc(-c3cc4c(cc3-c3cccc5c3c3ccccc3n5-c3ccccc3)c3ccccc3n4-c3ccccc3)c2)cc1. The van der Waals surface area contributed by atoms with Gasteiger partial charge < -0.3 is 9.13 Å². The fourth-order valence-corrected chi connectivity index (χ4v) is 8.63. The van der Waals surface area contributed by atoms with Gasteiger partial charge in [-0.05, 0) is 89.0 Å². The first kappa shape index (κ1) is 32.0. The Morgan fingerprint density at radius 2 is 0.804 bits per heavy atom. The number of hydrogen-bond donors (Lipinski definition) is 0. The molecule has 11 rings (SSSR count). The van der Waals surface area contributed by atoms with E-state index in [1.54, 1.807) is 0 Å². The molecule has 0 atom stereocenters. The summed E-state index contributed by atoms with van der Waals surface area (Å²) < 4.78 is 4.80. The van der Waals surface area contributed by atoms with E-state index in [9.17, 15) is 0 Å². The molecule has 0 saturated heterocycles. The van der Waals surface area contributed by atoms with Gasteiger partial charge in [-0.1, -0.05) is 146 Å². The van der Waals surface area contributed by atoms with E-state index in [0.29, 0.717) is 0 Å². The molecular weight excluding hydrogens is 679 g/mol. The second kappa shape index (κ2) is 13.1. The van der Waals surface area contributed by atoms with Crippen molar-refractivity contribution in [2.45, 2.75) is 0 Å². The number of fused-ring (bicyclic) bond motifs is 6. The Bertz CT molecular complexity index is 3160. The molecule has 0 spiro atoms. The number of rotatable bonds is 6. The maximum absolute atomic E-state index is 5.53. The number of para-hydroxylation sites is 4. The molecule has 0 aliphatic carbocycles.